The Kier molecular flexibility index (Phi) is 3.81. The maximum absolute atomic E-state index is 12.6. The lowest BCUT2D eigenvalue weighted by atomic mass is 10.1. The number of nitrogens with zero attached hydrogens (tertiary/aromatic N) is 3. The second-order valence-corrected chi connectivity index (χ2v) is 5.77. The van der Waals surface area contributed by atoms with Crippen molar-refractivity contribution >= 4 is 23.3 Å². The Morgan fingerprint density at radius 2 is 2.25 bits per heavy atom. The number of fused-ring (bicyclic) bond motifs is 1. The summed E-state index contributed by atoms with van der Waals surface area (Å²) in [4.78, 5) is 21.3. The van der Waals surface area contributed by atoms with Gasteiger partial charge in [0, 0.05) is 32.7 Å². The highest BCUT2D eigenvalue weighted by atomic mass is 35.5. The average Bonchev–Trinajstić information content (AvgIpc) is 2.94. The number of hydrogen-bond acceptors (Lipinski definition) is 4. The highest BCUT2D eigenvalue weighted by Crippen LogP contribution is 2.24. The molecule has 1 aromatic heterocycles. The Morgan fingerprint density at radius 3 is 3.05 bits per heavy atom. The van der Waals surface area contributed by atoms with Crippen LogP contribution in [0.5, 0.6) is 0 Å². The first kappa shape index (κ1) is 13.6. The maximum Gasteiger partial charge on any atom is 0.274 e. The van der Waals surface area contributed by atoms with E-state index in [1.54, 1.807) is 19.2 Å². The van der Waals surface area contributed by atoms with Crippen molar-refractivity contribution in [1.29, 1.82) is 0 Å². The lowest BCUT2D eigenvalue weighted by Crippen LogP contribution is -2.52. The van der Waals surface area contributed by atoms with Gasteiger partial charge in [-0.3, -0.25) is 9.69 Å². The summed E-state index contributed by atoms with van der Waals surface area (Å²) in [7, 11) is 1.78. The van der Waals surface area contributed by atoms with E-state index in [1.165, 1.54) is 19.4 Å². The van der Waals surface area contributed by atoms with Crippen LogP contribution in [-0.4, -0.2) is 60.0 Å². The van der Waals surface area contributed by atoms with Gasteiger partial charge < -0.3 is 10.2 Å². The molecule has 0 aromatic carbocycles. The zero-order chi connectivity index (χ0) is 14.1. The van der Waals surface area contributed by atoms with Crippen molar-refractivity contribution in [2.45, 2.75) is 18.9 Å². The van der Waals surface area contributed by atoms with E-state index in [0.29, 0.717) is 22.6 Å². The quantitative estimate of drug-likeness (QED) is 0.902. The molecule has 5 nitrogen and oxygen atoms in total. The molecule has 0 bridgehead atoms. The number of carbonyl (C=O) groups is 1. The summed E-state index contributed by atoms with van der Waals surface area (Å²) in [6.45, 7) is 3.68. The second-order valence-electron chi connectivity index (χ2n) is 5.36. The molecule has 0 aliphatic carbocycles. The van der Waals surface area contributed by atoms with Crippen molar-refractivity contribution in [2.24, 2.45) is 0 Å². The van der Waals surface area contributed by atoms with Crippen LogP contribution < -0.4 is 5.32 Å². The minimum absolute atomic E-state index is 0.0568. The number of carbonyl (C=O) groups excluding carboxylic acids is 1. The van der Waals surface area contributed by atoms with Crippen LogP contribution in [-0.2, 0) is 0 Å². The third-order valence-corrected chi connectivity index (χ3v) is 4.48. The molecule has 108 valence electrons. The second kappa shape index (κ2) is 5.58. The smallest absolute Gasteiger partial charge is 0.274 e. The fourth-order valence-corrected chi connectivity index (χ4v) is 3.24. The van der Waals surface area contributed by atoms with E-state index < -0.39 is 0 Å². The fourth-order valence-electron chi connectivity index (χ4n) is 3.06. The molecule has 2 saturated heterocycles. The molecule has 1 amide bonds. The molecule has 3 heterocycles. The molecule has 1 atom stereocenters. The molecule has 0 saturated carbocycles. The summed E-state index contributed by atoms with van der Waals surface area (Å²) in [6, 6.07) is 4.01. The Morgan fingerprint density at radius 1 is 1.40 bits per heavy atom. The Hall–Kier alpha value is -1.33. The topological polar surface area (TPSA) is 48.5 Å². The molecule has 2 aliphatic heterocycles. The number of amides is 1. The number of hydrogen-bond donors (Lipinski definition) is 1. The lowest BCUT2D eigenvalue weighted by molar-refractivity contribution is 0.0566. The van der Waals surface area contributed by atoms with E-state index in [0.717, 1.165) is 19.6 Å². The molecule has 2 fully saturated rings. The highest BCUT2D eigenvalue weighted by Gasteiger charge is 2.33. The third-order valence-electron chi connectivity index (χ3n) is 4.18. The predicted octanol–water partition coefficient (Wildman–Crippen LogP) is 1.70. The van der Waals surface area contributed by atoms with Crippen molar-refractivity contribution in [2.75, 3.05) is 38.5 Å². The van der Waals surface area contributed by atoms with Crippen LogP contribution in [0, 0.1) is 0 Å². The lowest BCUT2D eigenvalue weighted by Gasteiger charge is -2.37. The third kappa shape index (κ3) is 2.47. The van der Waals surface area contributed by atoms with Crippen molar-refractivity contribution in [3.05, 3.63) is 22.8 Å². The summed E-state index contributed by atoms with van der Waals surface area (Å²) in [5.41, 5.74) is 0.352. The molecule has 1 aromatic rings. The van der Waals surface area contributed by atoms with Crippen LogP contribution in [0.2, 0.25) is 5.02 Å². The first-order valence-corrected chi connectivity index (χ1v) is 7.44. The Labute approximate surface area is 123 Å². The molecule has 2 aliphatic rings. The largest absolute Gasteiger partial charge is 0.373 e. The molecular weight excluding hydrogens is 276 g/mol. The number of anilines is 1. The fraction of sp³-hybridized carbons (Fsp3) is 0.571. The monoisotopic (exact) mass is 294 g/mol. The summed E-state index contributed by atoms with van der Waals surface area (Å²) >= 11 is 6.13. The van der Waals surface area contributed by atoms with E-state index in [-0.39, 0.29) is 5.91 Å². The zero-order valence-corrected chi connectivity index (χ0v) is 12.4. The van der Waals surface area contributed by atoms with Gasteiger partial charge in [-0.2, -0.15) is 0 Å². The van der Waals surface area contributed by atoms with Crippen LogP contribution in [0.4, 0.5) is 5.82 Å². The van der Waals surface area contributed by atoms with Crippen LogP contribution in [0.1, 0.15) is 23.3 Å². The molecular formula is C14H19ClN4O. The van der Waals surface area contributed by atoms with Gasteiger partial charge in [0.1, 0.15) is 11.5 Å². The molecule has 6 heteroatoms. The van der Waals surface area contributed by atoms with E-state index >= 15 is 0 Å². The minimum atomic E-state index is -0.0568. The summed E-state index contributed by atoms with van der Waals surface area (Å²) in [5, 5.41) is 3.36. The number of piperazine rings is 1. The summed E-state index contributed by atoms with van der Waals surface area (Å²) in [5.74, 6) is 0.607. The first-order chi connectivity index (χ1) is 9.69. The van der Waals surface area contributed by atoms with Gasteiger partial charge >= 0.3 is 0 Å². The van der Waals surface area contributed by atoms with Gasteiger partial charge in [-0.05, 0) is 31.5 Å². The van der Waals surface area contributed by atoms with Gasteiger partial charge in [-0.1, -0.05) is 11.6 Å². The molecule has 1 unspecified atom stereocenters. The van der Waals surface area contributed by atoms with Gasteiger partial charge in [-0.25, -0.2) is 4.98 Å². The van der Waals surface area contributed by atoms with Gasteiger partial charge in [0.25, 0.3) is 5.91 Å². The summed E-state index contributed by atoms with van der Waals surface area (Å²) < 4.78 is 0. The van der Waals surface area contributed by atoms with Gasteiger partial charge in [0.15, 0.2) is 0 Å². The minimum Gasteiger partial charge on any atom is -0.373 e. The SMILES string of the molecule is CNc1ccc(Cl)c(C(=O)N2CCN3CCCC3C2)n1. The number of rotatable bonds is 2. The molecule has 20 heavy (non-hydrogen) atoms. The molecule has 0 radical (unpaired) electrons. The normalized spacial score (nSPS) is 22.7. The first-order valence-electron chi connectivity index (χ1n) is 7.06. The van der Waals surface area contributed by atoms with E-state index in [9.17, 15) is 4.79 Å². The van der Waals surface area contributed by atoms with Crippen LogP contribution in [0.15, 0.2) is 12.1 Å². The highest BCUT2D eigenvalue weighted by molar-refractivity contribution is 6.33. The number of aromatic nitrogens is 1. The number of pyridine rings is 1. The Balaban J connectivity index is 1.78. The van der Waals surface area contributed by atoms with Crippen molar-refractivity contribution in [3.8, 4) is 0 Å². The van der Waals surface area contributed by atoms with E-state index in [1.807, 2.05) is 4.90 Å². The van der Waals surface area contributed by atoms with Crippen molar-refractivity contribution in [1.82, 2.24) is 14.8 Å². The van der Waals surface area contributed by atoms with Gasteiger partial charge in [-0.15, -0.1) is 0 Å². The van der Waals surface area contributed by atoms with E-state index in [4.69, 9.17) is 11.6 Å². The van der Waals surface area contributed by atoms with Gasteiger partial charge in [0.05, 0.1) is 5.02 Å². The average molecular weight is 295 g/mol. The molecule has 1 N–H and O–H groups in total. The van der Waals surface area contributed by atoms with Crippen LogP contribution >= 0.6 is 11.6 Å². The van der Waals surface area contributed by atoms with Gasteiger partial charge in [0.2, 0.25) is 0 Å². The molecule has 0 spiro atoms. The number of halogens is 1. The van der Waals surface area contributed by atoms with E-state index in [2.05, 4.69) is 15.2 Å². The van der Waals surface area contributed by atoms with Crippen molar-refractivity contribution < 1.29 is 4.79 Å². The van der Waals surface area contributed by atoms with Crippen molar-refractivity contribution in [3.63, 3.8) is 0 Å². The van der Waals surface area contributed by atoms with Crippen LogP contribution in [0.25, 0.3) is 0 Å². The van der Waals surface area contributed by atoms with Crippen LogP contribution in [0.3, 0.4) is 0 Å². The number of nitrogens with one attached hydrogen (secondary N) is 1. The standard InChI is InChI=1S/C14H19ClN4O/c1-16-12-5-4-11(15)13(17-12)14(20)19-8-7-18-6-2-3-10(18)9-19/h4-5,10H,2-3,6-9H2,1H3,(H,16,17). The summed E-state index contributed by atoms with van der Waals surface area (Å²) in [6.07, 6.45) is 2.42. The maximum atomic E-state index is 12.6. The predicted molar refractivity (Wildman–Crippen MR) is 79.3 cm³/mol. The zero-order valence-electron chi connectivity index (χ0n) is 11.6. The molecule has 3 rings (SSSR count). The Bertz CT molecular complexity index is 522.